The topological polar surface area (TPSA) is 68.2 Å². The van der Waals surface area contributed by atoms with Gasteiger partial charge >= 0.3 is 5.97 Å². The van der Waals surface area contributed by atoms with Crippen LogP contribution in [-0.2, 0) is 19.0 Å². The summed E-state index contributed by atoms with van der Waals surface area (Å²) in [5, 5.41) is 10.3. The number of aliphatic hydroxyl groups is 1. The minimum absolute atomic E-state index is 0.0184. The summed E-state index contributed by atoms with van der Waals surface area (Å²) in [4.78, 5) is 12.3. The van der Waals surface area contributed by atoms with Gasteiger partial charge in [-0.05, 0) is 18.5 Å². The number of rotatable bonds is 7. The fourth-order valence-corrected chi connectivity index (χ4v) is 5.96. The Morgan fingerprint density at radius 2 is 1.75 bits per heavy atom. The van der Waals surface area contributed by atoms with Gasteiger partial charge in [-0.3, -0.25) is 0 Å². The molecule has 1 aliphatic rings. The first-order valence-electron chi connectivity index (χ1n) is 8.51. The van der Waals surface area contributed by atoms with Gasteiger partial charge in [-0.25, -0.2) is 4.79 Å². The molecule has 0 amide bonds. The molecule has 0 spiro atoms. The Balaban J connectivity index is 3.15. The van der Waals surface area contributed by atoms with Gasteiger partial charge in [0.1, 0.15) is 8.24 Å². The van der Waals surface area contributed by atoms with E-state index in [4.69, 9.17) is 14.2 Å². The lowest BCUT2D eigenvalue weighted by Crippen LogP contribution is -2.72. The molecule has 7 heteroatoms. The number of ether oxygens (including phenoxy) is 3. The van der Waals surface area contributed by atoms with Gasteiger partial charge in [-0.2, -0.15) is 0 Å². The van der Waals surface area contributed by atoms with Crippen LogP contribution in [0.3, 0.4) is 0 Å². The van der Waals surface area contributed by atoms with Crippen LogP contribution in [0.5, 0.6) is 0 Å². The van der Waals surface area contributed by atoms with Crippen molar-refractivity contribution >= 4 is 14.2 Å². The van der Waals surface area contributed by atoms with Gasteiger partial charge in [0.15, 0.2) is 0 Å². The van der Waals surface area contributed by atoms with Gasteiger partial charge < -0.3 is 23.9 Å². The monoisotopic (exact) mass is 361 g/mol. The van der Waals surface area contributed by atoms with E-state index < -0.39 is 26.1 Å². The number of hydrogen-bond donors (Lipinski definition) is 1. The fourth-order valence-electron chi connectivity index (χ4n) is 3.32. The zero-order valence-electron chi connectivity index (χ0n) is 16.7. The van der Waals surface area contributed by atoms with Crippen LogP contribution < -0.4 is 0 Å². The lowest BCUT2D eigenvalue weighted by atomic mass is 9.82. The van der Waals surface area contributed by atoms with Crippen molar-refractivity contribution < 1.29 is 24.1 Å². The van der Waals surface area contributed by atoms with E-state index in [-0.39, 0.29) is 17.0 Å². The zero-order chi connectivity index (χ0) is 18.9. The molecule has 1 N–H and O–H groups in total. The molecule has 3 atom stereocenters. The maximum absolute atomic E-state index is 12.3. The Morgan fingerprint density at radius 1 is 1.25 bits per heavy atom. The summed E-state index contributed by atoms with van der Waals surface area (Å²) in [6.45, 7) is 14.1. The number of carbonyl (C=O) groups is 1. The first-order valence-corrected chi connectivity index (χ1v) is 11.5. The second-order valence-corrected chi connectivity index (χ2v) is 13.5. The van der Waals surface area contributed by atoms with E-state index in [1.807, 2.05) is 0 Å². The molecule has 1 aliphatic heterocycles. The molecule has 0 saturated carbocycles. The Hall–Kier alpha value is -0.473. The van der Waals surface area contributed by atoms with Gasteiger partial charge in [-0.15, -0.1) is 0 Å². The highest BCUT2D eigenvalue weighted by Crippen LogP contribution is 2.46. The van der Waals surface area contributed by atoms with Gasteiger partial charge in [-0.1, -0.05) is 33.9 Å². The summed E-state index contributed by atoms with van der Waals surface area (Å²) in [5.41, 5.74) is 0. The third-order valence-electron chi connectivity index (χ3n) is 6.11. The van der Waals surface area contributed by atoms with Crippen molar-refractivity contribution in [2.45, 2.75) is 70.2 Å². The standard InChI is InChI=1S/C17H35NO5Si/c1-12(19)13-11-18(24(8,9)16(2,3)4)14(13)10-17(22-6,23-7)15(20)21-5/h12-14,19H,10-11H2,1-9H3. The van der Waals surface area contributed by atoms with E-state index in [1.165, 1.54) is 21.3 Å². The summed E-state index contributed by atoms with van der Waals surface area (Å²) >= 11 is 0. The molecule has 1 rings (SSSR count). The Bertz CT molecular complexity index is 443. The Morgan fingerprint density at radius 3 is 2.08 bits per heavy atom. The molecule has 24 heavy (non-hydrogen) atoms. The fraction of sp³-hybridized carbons (Fsp3) is 0.941. The lowest BCUT2D eigenvalue weighted by molar-refractivity contribution is -0.239. The minimum Gasteiger partial charge on any atom is -0.465 e. The van der Waals surface area contributed by atoms with Gasteiger partial charge in [0.25, 0.3) is 5.79 Å². The second kappa shape index (κ2) is 7.41. The molecule has 3 unspecified atom stereocenters. The van der Waals surface area contributed by atoms with Crippen molar-refractivity contribution in [2.75, 3.05) is 27.9 Å². The molecule has 1 saturated heterocycles. The van der Waals surface area contributed by atoms with E-state index in [1.54, 1.807) is 6.92 Å². The zero-order valence-corrected chi connectivity index (χ0v) is 17.7. The average molecular weight is 362 g/mol. The molecule has 0 aromatic heterocycles. The highest BCUT2D eigenvalue weighted by Gasteiger charge is 2.56. The molecule has 0 aliphatic carbocycles. The van der Waals surface area contributed by atoms with Gasteiger partial charge in [0.05, 0.1) is 13.2 Å². The van der Waals surface area contributed by atoms with Gasteiger partial charge in [0.2, 0.25) is 0 Å². The quantitative estimate of drug-likeness (QED) is 0.426. The first kappa shape index (κ1) is 21.6. The molecule has 0 radical (unpaired) electrons. The number of carbonyl (C=O) groups excluding carboxylic acids is 1. The van der Waals surface area contributed by atoms with E-state index >= 15 is 0 Å². The maximum Gasteiger partial charge on any atom is 0.366 e. The minimum atomic E-state index is -1.78. The van der Waals surface area contributed by atoms with E-state index in [0.29, 0.717) is 6.42 Å². The molecule has 0 aromatic rings. The number of methoxy groups -OCH3 is 3. The van der Waals surface area contributed by atoms with Crippen molar-refractivity contribution in [1.29, 1.82) is 0 Å². The van der Waals surface area contributed by atoms with E-state index in [9.17, 15) is 9.90 Å². The third kappa shape index (κ3) is 3.70. The number of nitrogens with zero attached hydrogens (tertiary/aromatic N) is 1. The lowest BCUT2D eigenvalue weighted by Gasteiger charge is -2.60. The van der Waals surface area contributed by atoms with Crippen LogP contribution in [0.1, 0.15) is 34.1 Å². The largest absolute Gasteiger partial charge is 0.465 e. The molecular weight excluding hydrogens is 326 g/mol. The van der Waals surface area contributed by atoms with E-state index in [0.717, 1.165) is 6.54 Å². The molecule has 0 aromatic carbocycles. The summed E-state index contributed by atoms with van der Waals surface area (Å²) in [6, 6.07) is 0.0184. The summed E-state index contributed by atoms with van der Waals surface area (Å²) in [6.07, 6.45) is -0.102. The van der Waals surface area contributed by atoms with Crippen LogP contribution in [0.4, 0.5) is 0 Å². The normalized spacial score (nSPS) is 24.4. The molecule has 1 fully saturated rings. The third-order valence-corrected chi connectivity index (χ3v) is 11.7. The summed E-state index contributed by atoms with van der Waals surface area (Å²) < 4.78 is 18.2. The first-order chi connectivity index (χ1) is 10.9. The van der Waals surface area contributed by atoms with Crippen molar-refractivity contribution in [3.05, 3.63) is 0 Å². The Labute approximate surface area is 147 Å². The Kier molecular flexibility index (Phi) is 6.66. The maximum atomic E-state index is 12.3. The highest BCUT2D eigenvalue weighted by atomic mass is 28.3. The van der Waals surface area contributed by atoms with Crippen LogP contribution in [-0.4, -0.2) is 69.7 Å². The molecule has 6 nitrogen and oxygen atoms in total. The predicted molar refractivity (Wildman–Crippen MR) is 96.2 cm³/mol. The summed E-state index contributed by atoms with van der Waals surface area (Å²) in [5.74, 6) is -1.89. The average Bonchev–Trinajstić information content (AvgIpc) is 2.45. The number of hydrogen-bond acceptors (Lipinski definition) is 6. The molecule has 0 bridgehead atoms. The number of esters is 1. The van der Waals surface area contributed by atoms with Crippen LogP contribution in [0, 0.1) is 5.92 Å². The van der Waals surface area contributed by atoms with Crippen LogP contribution in [0.2, 0.25) is 18.1 Å². The summed E-state index contributed by atoms with van der Waals surface area (Å²) in [7, 11) is 2.45. The van der Waals surface area contributed by atoms with E-state index in [2.05, 4.69) is 38.4 Å². The SMILES string of the molecule is COC(=O)C(CC1C(C(C)O)CN1[Si](C)(C)C(C)(C)C)(OC)OC. The second-order valence-electron chi connectivity index (χ2n) is 8.29. The molecule has 1 heterocycles. The molecule has 142 valence electrons. The van der Waals surface area contributed by atoms with Crippen molar-refractivity contribution in [3.63, 3.8) is 0 Å². The van der Waals surface area contributed by atoms with Crippen molar-refractivity contribution in [2.24, 2.45) is 5.92 Å². The van der Waals surface area contributed by atoms with Gasteiger partial charge in [0, 0.05) is 32.6 Å². The van der Waals surface area contributed by atoms with Crippen LogP contribution in [0.15, 0.2) is 0 Å². The van der Waals surface area contributed by atoms with Crippen molar-refractivity contribution in [3.8, 4) is 0 Å². The van der Waals surface area contributed by atoms with Crippen LogP contribution >= 0.6 is 0 Å². The predicted octanol–water partition coefficient (Wildman–Crippen LogP) is 2.22. The number of aliphatic hydroxyl groups excluding tert-OH is 1. The highest BCUT2D eigenvalue weighted by molar-refractivity contribution is 6.77. The van der Waals surface area contributed by atoms with Crippen LogP contribution in [0.25, 0.3) is 0 Å². The van der Waals surface area contributed by atoms with Crippen molar-refractivity contribution in [1.82, 2.24) is 4.57 Å². The molecular formula is C17H35NO5Si. The smallest absolute Gasteiger partial charge is 0.366 e.